The van der Waals surface area contributed by atoms with Gasteiger partial charge in [-0.2, -0.15) is 5.10 Å². The summed E-state index contributed by atoms with van der Waals surface area (Å²) in [5, 5.41) is 6.41. The summed E-state index contributed by atoms with van der Waals surface area (Å²) in [5.74, 6) is -0.299. The molecule has 1 heterocycles. The molecule has 0 radical (unpaired) electrons. The first-order chi connectivity index (χ1) is 11.2. The zero-order valence-corrected chi connectivity index (χ0v) is 14.7. The lowest BCUT2D eigenvalue weighted by Gasteiger charge is -2.04. The van der Waals surface area contributed by atoms with Gasteiger partial charge in [0.25, 0.3) is 0 Å². The Balaban J connectivity index is 2.06. The van der Waals surface area contributed by atoms with E-state index in [9.17, 15) is 4.39 Å². The number of hydrogen-bond donors (Lipinski definition) is 0. The van der Waals surface area contributed by atoms with Gasteiger partial charge in [0.2, 0.25) is 4.80 Å². The van der Waals surface area contributed by atoms with E-state index in [1.165, 1.54) is 23.6 Å². The van der Waals surface area contributed by atoms with E-state index >= 15 is 0 Å². The summed E-state index contributed by atoms with van der Waals surface area (Å²) >= 11 is 4.92. The molecule has 0 N–H and O–H groups in total. The first-order valence-corrected chi connectivity index (χ1v) is 8.54. The van der Waals surface area contributed by atoms with Gasteiger partial charge in [0, 0.05) is 28.0 Å². The van der Waals surface area contributed by atoms with Crippen LogP contribution in [0.15, 0.2) is 68.5 Å². The number of halogens is 2. The predicted molar refractivity (Wildman–Crippen MR) is 96.3 cm³/mol. The molecule has 0 aliphatic heterocycles. The second-order valence-electron chi connectivity index (χ2n) is 4.71. The van der Waals surface area contributed by atoms with Crippen LogP contribution >= 0.6 is 27.3 Å². The van der Waals surface area contributed by atoms with Gasteiger partial charge in [-0.05, 0) is 18.2 Å². The summed E-state index contributed by atoms with van der Waals surface area (Å²) < 4.78 is 16.5. The Morgan fingerprint density at radius 2 is 1.87 bits per heavy atom. The normalized spacial score (nSPS) is 12.2. The lowest BCUT2D eigenvalue weighted by molar-refractivity contribution is 0.625. The Hall–Kier alpha value is -2.05. The first kappa shape index (κ1) is 15.8. The van der Waals surface area contributed by atoms with Crippen LogP contribution in [0.4, 0.5) is 4.39 Å². The van der Waals surface area contributed by atoms with Crippen molar-refractivity contribution >= 4 is 33.5 Å². The lowest BCUT2D eigenvalue weighted by Crippen LogP contribution is -2.11. The molecule has 6 heteroatoms. The van der Waals surface area contributed by atoms with E-state index in [1.54, 1.807) is 29.9 Å². The number of thiazole rings is 1. The van der Waals surface area contributed by atoms with Gasteiger partial charge in [-0.1, -0.05) is 46.3 Å². The van der Waals surface area contributed by atoms with Crippen LogP contribution in [0, 0.1) is 5.82 Å². The molecule has 116 valence electrons. The molecule has 23 heavy (non-hydrogen) atoms. The zero-order valence-electron chi connectivity index (χ0n) is 12.3. The van der Waals surface area contributed by atoms with E-state index in [0.717, 1.165) is 20.5 Å². The molecule has 2 aromatic carbocycles. The summed E-state index contributed by atoms with van der Waals surface area (Å²) in [6.07, 6.45) is 1.51. The number of nitrogens with zero attached hydrogens (tertiary/aromatic N) is 3. The molecule has 0 spiro atoms. The average Bonchev–Trinajstić information content (AvgIpc) is 2.98. The zero-order chi connectivity index (χ0) is 16.2. The van der Waals surface area contributed by atoms with E-state index in [0.29, 0.717) is 5.56 Å². The van der Waals surface area contributed by atoms with Gasteiger partial charge in [0.05, 0.1) is 11.9 Å². The monoisotopic (exact) mass is 389 g/mol. The molecule has 1 aromatic heterocycles. The SMILES string of the molecule is CN=c1scc(-c2ccc(Br)cc2)n1N=Cc1ccccc1F. The molecule has 0 aliphatic rings. The molecule has 0 atom stereocenters. The molecule has 0 aliphatic carbocycles. The Morgan fingerprint density at radius 3 is 2.57 bits per heavy atom. The van der Waals surface area contributed by atoms with Crippen molar-refractivity contribution in [1.29, 1.82) is 0 Å². The van der Waals surface area contributed by atoms with Gasteiger partial charge >= 0.3 is 0 Å². The van der Waals surface area contributed by atoms with Gasteiger partial charge in [0.1, 0.15) is 5.82 Å². The number of benzene rings is 2. The minimum absolute atomic E-state index is 0.299. The van der Waals surface area contributed by atoms with Crippen LogP contribution in [0.3, 0.4) is 0 Å². The van der Waals surface area contributed by atoms with Gasteiger partial charge in [-0.15, -0.1) is 11.3 Å². The highest BCUT2D eigenvalue weighted by Gasteiger charge is 2.07. The van der Waals surface area contributed by atoms with Crippen LogP contribution in [-0.4, -0.2) is 17.9 Å². The van der Waals surface area contributed by atoms with Crippen LogP contribution in [0.5, 0.6) is 0 Å². The average molecular weight is 390 g/mol. The summed E-state index contributed by atoms with van der Waals surface area (Å²) in [5.41, 5.74) is 2.37. The number of hydrogen-bond acceptors (Lipinski definition) is 3. The highest BCUT2D eigenvalue weighted by Crippen LogP contribution is 2.22. The van der Waals surface area contributed by atoms with Crippen molar-refractivity contribution in [3.05, 3.63) is 74.6 Å². The first-order valence-electron chi connectivity index (χ1n) is 6.87. The third-order valence-corrected chi connectivity index (χ3v) is 4.67. The maximum Gasteiger partial charge on any atom is 0.205 e. The molecule has 0 saturated heterocycles. The van der Waals surface area contributed by atoms with Crippen LogP contribution in [-0.2, 0) is 0 Å². The maximum atomic E-state index is 13.7. The van der Waals surface area contributed by atoms with Crippen molar-refractivity contribution < 1.29 is 4.39 Å². The molecule has 0 unspecified atom stereocenters. The standard InChI is InChI=1S/C17H13BrFN3S/c1-20-17-22(21-10-13-4-2-3-5-15(13)19)16(11-23-17)12-6-8-14(18)9-7-12/h2-11H,1H3. The summed E-state index contributed by atoms with van der Waals surface area (Å²) in [4.78, 5) is 4.98. The van der Waals surface area contributed by atoms with E-state index < -0.39 is 0 Å². The van der Waals surface area contributed by atoms with Crippen molar-refractivity contribution in [3.8, 4) is 11.3 Å². The molecule has 3 rings (SSSR count). The van der Waals surface area contributed by atoms with Crippen LogP contribution < -0.4 is 4.80 Å². The highest BCUT2D eigenvalue weighted by molar-refractivity contribution is 9.10. The minimum Gasteiger partial charge on any atom is -0.261 e. The molecule has 3 nitrogen and oxygen atoms in total. The topological polar surface area (TPSA) is 29.6 Å². The van der Waals surface area contributed by atoms with Crippen molar-refractivity contribution in [2.75, 3.05) is 7.05 Å². The largest absolute Gasteiger partial charge is 0.261 e. The number of rotatable bonds is 3. The molecule has 3 aromatic rings. The fraction of sp³-hybridized carbons (Fsp3) is 0.0588. The van der Waals surface area contributed by atoms with Crippen molar-refractivity contribution in [2.24, 2.45) is 10.1 Å². The third-order valence-electron chi connectivity index (χ3n) is 3.23. The Morgan fingerprint density at radius 1 is 1.13 bits per heavy atom. The summed E-state index contributed by atoms with van der Waals surface area (Å²) in [7, 11) is 1.71. The minimum atomic E-state index is -0.299. The molecule has 0 bridgehead atoms. The molecule has 0 saturated carbocycles. The summed E-state index contributed by atoms with van der Waals surface area (Å²) in [6.45, 7) is 0. The molecular formula is C17H13BrFN3S. The van der Waals surface area contributed by atoms with Gasteiger partial charge < -0.3 is 0 Å². The van der Waals surface area contributed by atoms with Crippen molar-refractivity contribution in [1.82, 2.24) is 4.68 Å². The van der Waals surface area contributed by atoms with Crippen LogP contribution in [0.25, 0.3) is 11.3 Å². The second kappa shape index (κ2) is 7.02. The van der Waals surface area contributed by atoms with E-state index in [-0.39, 0.29) is 5.82 Å². The smallest absolute Gasteiger partial charge is 0.205 e. The summed E-state index contributed by atoms with van der Waals surface area (Å²) in [6, 6.07) is 14.5. The van der Waals surface area contributed by atoms with Crippen LogP contribution in [0.1, 0.15) is 5.56 Å². The highest BCUT2D eigenvalue weighted by atomic mass is 79.9. The van der Waals surface area contributed by atoms with Gasteiger partial charge in [-0.3, -0.25) is 4.99 Å². The van der Waals surface area contributed by atoms with Crippen LogP contribution in [0.2, 0.25) is 0 Å². The third kappa shape index (κ3) is 3.48. The van der Waals surface area contributed by atoms with E-state index in [4.69, 9.17) is 0 Å². The number of aromatic nitrogens is 1. The van der Waals surface area contributed by atoms with Gasteiger partial charge in [-0.25, -0.2) is 9.07 Å². The van der Waals surface area contributed by atoms with Crippen molar-refractivity contribution in [2.45, 2.75) is 0 Å². The van der Waals surface area contributed by atoms with E-state index in [1.807, 2.05) is 29.6 Å². The molecular weight excluding hydrogens is 377 g/mol. The Labute approximate surface area is 145 Å². The van der Waals surface area contributed by atoms with Crippen molar-refractivity contribution in [3.63, 3.8) is 0 Å². The Bertz CT molecular complexity index is 910. The predicted octanol–water partition coefficient (Wildman–Crippen LogP) is 4.53. The lowest BCUT2D eigenvalue weighted by atomic mass is 10.2. The molecule has 0 fully saturated rings. The van der Waals surface area contributed by atoms with E-state index in [2.05, 4.69) is 26.0 Å². The quantitative estimate of drug-likeness (QED) is 0.589. The maximum absolute atomic E-state index is 13.7. The molecule has 0 amide bonds. The van der Waals surface area contributed by atoms with Gasteiger partial charge in [0.15, 0.2) is 0 Å². The second-order valence-corrected chi connectivity index (χ2v) is 6.46. The Kier molecular flexibility index (Phi) is 4.83. The fourth-order valence-corrected chi connectivity index (χ4v) is 3.15. The fourth-order valence-electron chi connectivity index (χ4n) is 2.08.